The van der Waals surface area contributed by atoms with Crippen LogP contribution in [0.5, 0.6) is 0 Å². The fourth-order valence-corrected chi connectivity index (χ4v) is 3.46. The van der Waals surface area contributed by atoms with Crippen LogP contribution in [-0.4, -0.2) is 16.6 Å². The van der Waals surface area contributed by atoms with Gasteiger partial charge in [0.15, 0.2) is 5.11 Å². The molecule has 0 aliphatic heterocycles. The van der Waals surface area contributed by atoms with E-state index in [1.54, 1.807) is 17.4 Å². The van der Waals surface area contributed by atoms with Gasteiger partial charge in [0.05, 0.1) is 10.2 Å². The van der Waals surface area contributed by atoms with Crippen molar-refractivity contribution in [3.8, 4) is 10.6 Å². The van der Waals surface area contributed by atoms with Crippen molar-refractivity contribution in [1.29, 1.82) is 0 Å². The first-order valence-corrected chi connectivity index (χ1v) is 8.51. The lowest BCUT2D eigenvalue weighted by Gasteiger charge is -2.09. The lowest BCUT2D eigenvalue weighted by Crippen LogP contribution is -2.28. The summed E-state index contributed by atoms with van der Waals surface area (Å²) in [6.07, 6.45) is 1.77. The Morgan fingerprint density at radius 1 is 1.26 bits per heavy atom. The van der Waals surface area contributed by atoms with Gasteiger partial charge in [-0.25, -0.2) is 4.98 Å². The Morgan fingerprint density at radius 2 is 2.04 bits per heavy atom. The van der Waals surface area contributed by atoms with E-state index in [1.165, 1.54) is 10.3 Å². The first-order valence-electron chi connectivity index (χ1n) is 7.29. The third-order valence-electron chi connectivity index (χ3n) is 3.34. The number of thiazole rings is 1. The first-order chi connectivity index (χ1) is 11.2. The first kappa shape index (κ1) is 15.6. The van der Waals surface area contributed by atoms with Crippen molar-refractivity contribution in [3.05, 3.63) is 60.7 Å². The number of rotatable bonds is 4. The van der Waals surface area contributed by atoms with Gasteiger partial charge in [0.25, 0.3) is 0 Å². The highest BCUT2D eigenvalue weighted by atomic mass is 32.1. The average molecular weight is 339 g/mol. The Bertz CT molecular complexity index is 850. The van der Waals surface area contributed by atoms with Crippen LogP contribution in [0.4, 0.5) is 5.69 Å². The third-order valence-corrected chi connectivity index (χ3v) is 4.65. The van der Waals surface area contributed by atoms with Gasteiger partial charge in [-0.1, -0.05) is 12.1 Å². The molecule has 0 unspecified atom stereocenters. The van der Waals surface area contributed by atoms with Crippen molar-refractivity contribution >= 4 is 44.6 Å². The van der Waals surface area contributed by atoms with E-state index in [0.717, 1.165) is 21.8 Å². The van der Waals surface area contributed by atoms with Gasteiger partial charge >= 0.3 is 0 Å². The number of anilines is 1. The minimum Gasteiger partial charge on any atom is -0.359 e. The summed E-state index contributed by atoms with van der Waals surface area (Å²) >= 11 is 6.92. The molecule has 2 aromatic carbocycles. The normalized spacial score (nSPS) is 10.5. The molecule has 0 saturated carbocycles. The van der Waals surface area contributed by atoms with Gasteiger partial charge in [-0.05, 0) is 61.1 Å². The molecule has 116 valence electrons. The van der Waals surface area contributed by atoms with Crippen LogP contribution in [0.25, 0.3) is 20.8 Å². The molecule has 0 aliphatic rings. The number of thiocarbonyl (C=S) groups is 1. The van der Waals surface area contributed by atoms with Crippen LogP contribution >= 0.6 is 23.6 Å². The fraction of sp³-hybridized carbons (Fsp3) is 0.111. The summed E-state index contributed by atoms with van der Waals surface area (Å²) in [5, 5.41) is 7.81. The number of benzene rings is 2. The summed E-state index contributed by atoms with van der Waals surface area (Å²) in [7, 11) is 0. The highest BCUT2D eigenvalue weighted by molar-refractivity contribution is 7.80. The zero-order valence-electron chi connectivity index (χ0n) is 12.8. The topological polar surface area (TPSA) is 37.0 Å². The molecule has 1 heterocycles. The second-order valence-electron chi connectivity index (χ2n) is 5.19. The predicted octanol–water partition coefficient (Wildman–Crippen LogP) is 4.74. The Kier molecular flexibility index (Phi) is 4.69. The number of hydrogen-bond donors (Lipinski definition) is 2. The molecule has 3 nitrogen and oxygen atoms in total. The van der Waals surface area contributed by atoms with Crippen LogP contribution in [0.2, 0.25) is 0 Å². The van der Waals surface area contributed by atoms with Gasteiger partial charge in [-0.3, -0.25) is 0 Å². The minimum absolute atomic E-state index is 0.591. The van der Waals surface area contributed by atoms with Crippen molar-refractivity contribution in [1.82, 2.24) is 10.3 Å². The highest BCUT2D eigenvalue weighted by Crippen LogP contribution is 2.31. The second-order valence-corrected chi connectivity index (χ2v) is 6.63. The molecule has 0 atom stereocenters. The predicted molar refractivity (Wildman–Crippen MR) is 104 cm³/mol. The molecular formula is C18H17N3S2. The van der Waals surface area contributed by atoms with Crippen molar-refractivity contribution < 1.29 is 0 Å². The van der Waals surface area contributed by atoms with E-state index < -0.39 is 0 Å². The van der Waals surface area contributed by atoms with Crippen LogP contribution in [-0.2, 0) is 0 Å². The molecule has 23 heavy (non-hydrogen) atoms. The number of nitrogens with one attached hydrogen (secondary N) is 2. The molecule has 0 amide bonds. The monoisotopic (exact) mass is 339 g/mol. The number of fused-ring (bicyclic) bond motifs is 1. The van der Waals surface area contributed by atoms with E-state index in [1.807, 2.05) is 12.1 Å². The molecule has 0 radical (unpaired) electrons. The zero-order chi connectivity index (χ0) is 16.2. The number of nitrogens with zero attached hydrogens (tertiary/aromatic N) is 1. The van der Waals surface area contributed by atoms with Crippen LogP contribution in [0.1, 0.15) is 5.56 Å². The second kappa shape index (κ2) is 6.89. The van der Waals surface area contributed by atoms with Crippen LogP contribution < -0.4 is 10.6 Å². The third kappa shape index (κ3) is 3.75. The highest BCUT2D eigenvalue weighted by Gasteiger charge is 2.06. The summed E-state index contributed by atoms with van der Waals surface area (Å²) in [4.78, 5) is 4.70. The van der Waals surface area contributed by atoms with Crippen molar-refractivity contribution in [3.63, 3.8) is 0 Å². The lowest BCUT2D eigenvalue weighted by atomic mass is 10.2. The largest absolute Gasteiger partial charge is 0.359 e. The Morgan fingerprint density at radius 3 is 2.78 bits per heavy atom. The van der Waals surface area contributed by atoms with Gasteiger partial charge in [0.1, 0.15) is 5.01 Å². The molecule has 0 fully saturated rings. The number of hydrogen-bond acceptors (Lipinski definition) is 3. The minimum atomic E-state index is 0.591. The standard InChI is InChI=1S/C18H17N3S2/c1-3-10-19-18(22)20-14-7-5-13(6-8-14)17-21-15-9-4-12(2)11-16(15)23-17/h3-9,11H,1,10H2,2H3,(H2,19,20,22). The van der Waals surface area contributed by atoms with Gasteiger partial charge in [0, 0.05) is 17.8 Å². The summed E-state index contributed by atoms with van der Waals surface area (Å²) < 4.78 is 1.22. The maximum Gasteiger partial charge on any atom is 0.171 e. The molecule has 0 saturated heterocycles. The molecule has 0 aliphatic carbocycles. The summed E-state index contributed by atoms with van der Waals surface area (Å²) in [5.74, 6) is 0. The maximum atomic E-state index is 5.20. The molecule has 0 spiro atoms. The average Bonchev–Trinajstić information content (AvgIpc) is 2.96. The fourth-order valence-electron chi connectivity index (χ4n) is 2.19. The van der Waals surface area contributed by atoms with Gasteiger partial charge in [-0.15, -0.1) is 17.9 Å². The van der Waals surface area contributed by atoms with Gasteiger partial charge < -0.3 is 10.6 Å². The van der Waals surface area contributed by atoms with Crippen LogP contribution in [0.3, 0.4) is 0 Å². The Hall–Kier alpha value is -2.24. The van der Waals surface area contributed by atoms with Crippen LogP contribution in [0.15, 0.2) is 55.1 Å². The summed E-state index contributed by atoms with van der Waals surface area (Å²) in [6, 6.07) is 14.5. The molecule has 3 aromatic rings. The smallest absolute Gasteiger partial charge is 0.171 e. The SMILES string of the molecule is C=CCNC(=S)Nc1ccc(-c2nc3ccc(C)cc3s2)cc1. The number of aromatic nitrogens is 1. The number of aryl methyl sites for hydroxylation is 1. The molecular weight excluding hydrogens is 322 g/mol. The molecule has 5 heteroatoms. The van der Waals surface area contributed by atoms with E-state index >= 15 is 0 Å². The molecule has 1 aromatic heterocycles. The molecule has 3 rings (SSSR count). The van der Waals surface area contributed by atoms with E-state index in [9.17, 15) is 0 Å². The summed E-state index contributed by atoms with van der Waals surface area (Å²) in [5.41, 5.74) is 4.37. The van der Waals surface area contributed by atoms with E-state index in [-0.39, 0.29) is 0 Å². The van der Waals surface area contributed by atoms with Crippen molar-refractivity contribution in [2.24, 2.45) is 0 Å². The summed E-state index contributed by atoms with van der Waals surface area (Å²) in [6.45, 7) is 6.40. The van der Waals surface area contributed by atoms with E-state index in [2.05, 4.69) is 54.5 Å². The lowest BCUT2D eigenvalue weighted by molar-refractivity contribution is 1.06. The van der Waals surface area contributed by atoms with E-state index in [0.29, 0.717) is 11.7 Å². The van der Waals surface area contributed by atoms with E-state index in [4.69, 9.17) is 17.2 Å². The van der Waals surface area contributed by atoms with Crippen molar-refractivity contribution in [2.75, 3.05) is 11.9 Å². The quantitative estimate of drug-likeness (QED) is 0.531. The maximum absolute atomic E-state index is 5.20. The Balaban J connectivity index is 1.77. The van der Waals surface area contributed by atoms with Crippen molar-refractivity contribution in [2.45, 2.75) is 6.92 Å². The Labute approximate surface area is 145 Å². The molecule has 2 N–H and O–H groups in total. The molecule has 0 bridgehead atoms. The zero-order valence-corrected chi connectivity index (χ0v) is 14.4. The van der Waals surface area contributed by atoms with Gasteiger partial charge in [-0.2, -0.15) is 0 Å². The van der Waals surface area contributed by atoms with Gasteiger partial charge in [0.2, 0.25) is 0 Å². The van der Waals surface area contributed by atoms with Crippen LogP contribution in [0, 0.1) is 6.92 Å².